The summed E-state index contributed by atoms with van der Waals surface area (Å²) in [6.07, 6.45) is 7.30. The van der Waals surface area contributed by atoms with E-state index in [9.17, 15) is 0 Å². The first-order chi connectivity index (χ1) is 7.88. The van der Waals surface area contributed by atoms with Crippen LogP contribution in [0.15, 0.2) is 0 Å². The van der Waals surface area contributed by atoms with Crippen molar-refractivity contribution in [3.05, 3.63) is 5.82 Å². The molecule has 0 aliphatic heterocycles. The minimum Gasteiger partial charge on any atom is -0.218 e. The molecule has 0 amide bonds. The Morgan fingerprint density at radius 3 is 2.81 bits per heavy atom. The molecule has 16 heavy (non-hydrogen) atoms. The summed E-state index contributed by atoms with van der Waals surface area (Å²) in [5.74, 6) is 3.91. The molecule has 5 heteroatoms. The van der Waals surface area contributed by atoms with Crippen LogP contribution in [0.1, 0.15) is 44.9 Å². The van der Waals surface area contributed by atoms with Crippen molar-refractivity contribution >= 4 is 22.6 Å². The van der Waals surface area contributed by atoms with Gasteiger partial charge in [-0.25, -0.2) is 4.68 Å². The van der Waals surface area contributed by atoms with Crippen LogP contribution < -0.4 is 0 Å². The number of rotatable bonds is 7. The number of aryl methyl sites for hydroxylation is 1. The molecule has 0 radical (unpaired) electrons. The Balaban J connectivity index is 2.29. The SMILES string of the molecule is CCCCCCCc1nnnn1CC#CI. The zero-order chi connectivity index (χ0) is 11.6. The Labute approximate surface area is 110 Å². The van der Waals surface area contributed by atoms with Gasteiger partial charge >= 0.3 is 0 Å². The van der Waals surface area contributed by atoms with Gasteiger partial charge in [0.1, 0.15) is 6.54 Å². The maximum atomic E-state index is 4.02. The van der Waals surface area contributed by atoms with Crippen molar-refractivity contribution in [1.82, 2.24) is 20.2 Å². The molecule has 4 nitrogen and oxygen atoms in total. The minimum absolute atomic E-state index is 0.597. The monoisotopic (exact) mass is 332 g/mol. The van der Waals surface area contributed by atoms with Crippen LogP contribution in [-0.4, -0.2) is 20.2 Å². The van der Waals surface area contributed by atoms with Gasteiger partial charge in [0.25, 0.3) is 0 Å². The van der Waals surface area contributed by atoms with Gasteiger partial charge in [0.15, 0.2) is 5.82 Å². The molecule has 88 valence electrons. The average molecular weight is 332 g/mol. The average Bonchev–Trinajstić information content (AvgIpc) is 2.74. The number of nitrogens with zero attached hydrogens (tertiary/aromatic N) is 4. The van der Waals surface area contributed by atoms with E-state index in [1.165, 1.54) is 25.7 Å². The fraction of sp³-hybridized carbons (Fsp3) is 0.727. The van der Waals surface area contributed by atoms with Crippen molar-refractivity contribution < 1.29 is 0 Å². The summed E-state index contributed by atoms with van der Waals surface area (Å²) in [6.45, 7) is 2.82. The minimum atomic E-state index is 0.597. The number of hydrogen-bond acceptors (Lipinski definition) is 3. The zero-order valence-corrected chi connectivity index (χ0v) is 11.8. The number of hydrogen-bond donors (Lipinski definition) is 0. The van der Waals surface area contributed by atoms with Crippen LogP contribution in [0.2, 0.25) is 0 Å². The highest BCUT2D eigenvalue weighted by Crippen LogP contribution is 2.06. The van der Waals surface area contributed by atoms with E-state index in [4.69, 9.17) is 0 Å². The summed E-state index contributed by atoms with van der Waals surface area (Å²) in [5, 5.41) is 11.6. The van der Waals surface area contributed by atoms with E-state index in [2.05, 4.69) is 32.3 Å². The molecule has 1 rings (SSSR count). The normalized spacial score (nSPS) is 9.88. The molecule has 0 bridgehead atoms. The third kappa shape index (κ3) is 4.92. The summed E-state index contributed by atoms with van der Waals surface area (Å²) >= 11 is 2.02. The Hall–Kier alpha value is -0.640. The van der Waals surface area contributed by atoms with Crippen LogP contribution >= 0.6 is 22.6 Å². The van der Waals surface area contributed by atoms with Crippen LogP contribution in [0.5, 0.6) is 0 Å². The highest BCUT2D eigenvalue weighted by Gasteiger charge is 2.03. The molecule has 0 aliphatic carbocycles. The Morgan fingerprint density at radius 1 is 1.25 bits per heavy atom. The molecule has 1 aromatic rings. The quantitative estimate of drug-likeness (QED) is 0.438. The van der Waals surface area contributed by atoms with E-state index >= 15 is 0 Å². The maximum Gasteiger partial charge on any atom is 0.152 e. The lowest BCUT2D eigenvalue weighted by Gasteiger charge is -2.00. The highest BCUT2D eigenvalue weighted by atomic mass is 127. The number of unbranched alkanes of at least 4 members (excludes halogenated alkanes) is 4. The largest absolute Gasteiger partial charge is 0.218 e. The maximum absolute atomic E-state index is 4.02. The molecule has 0 aliphatic rings. The van der Waals surface area contributed by atoms with Crippen LogP contribution in [0.25, 0.3) is 0 Å². The van der Waals surface area contributed by atoms with Gasteiger partial charge in [-0.05, 0) is 20.8 Å². The summed E-state index contributed by atoms with van der Waals surface area (Å²) in [4.78, 5) is 0. The lowest BCUT2D eigenvalue weighted by molar-refractivity contribution is 0.590. The van der Waals surface area contributed by atoms with Crippen molar-refractivity contribution in [2.45, 2.75) is 52.0 Å². The summed E-state index contributed by atoms with van der Waals surface area (Å²) in [5.41, 5.74) is 0. The third-order valence-electron chi connectivity index (χ3n) is 2.41. The molecule has 0 N–H and O–H groups in total. The van der Waals surface area contributed by atoms with Crippen molar-refractivity contribution in [3.63, 3.8) is 0 Å². The van der Waals surface area contributed by atoms with Gasteiger partial charge in [0, 0.05) is 29.0 Å². The molecule has 0 unspecified atom stereocenters. The fourth-order valence-electron chi connectivity index (χ4n) is 1.52. The molecule has 0 spiro atoms. The second-order valence-electron chi connectivity index (χ2n) is 3.69. The first kappa shape index (κ1) is 13.4. The molecular weight excluding hydrogens is 315 g/mol. The van der Waals surface area contributed by atoms with Crippen LogP contribution in [0.4, 0.5) is 0 Å². The van der Waals surface area contributed by atoms with Crippen LogP contribution in [0.3, 0.4) is 0 Å². The lowest BCUT2D eigenvalue weighted by atomic mass is 10.1. The molecule has 1 aromatic heterocycles. The van der Waals surface area contributed by atoms with E-state index in [-0.39, 0.29) is 0 Å². The van der Waals surface area contributed by atoms with Crippen molar-refractivity contribution in [1.29, 1.82) is 0 Å². The van der Waals surface area contributed by atoms with Gasteiger partial charge in [-0.1, -0.05) is 38.5 Å². The van der Waals surface area contributed by atoms with Gasteiger partial charge in [0.05, 0.1) is 0 Å². The van der Waals surface area contributed by atoms with E-state index < -0.39 is 0 Å². The van der Waals surface area contributed by atoms with Crippen molar-refractivity contribution in [2.24, 2.45) is 0 Å². The van der Waals surface area contributed by atoms with Crippen molar-refractivity contribution in [2.75, 3.05) is 0 Å². The van der Waals surface area contributed by atoms with Gasteiger partial charge < -0.3 is 0 Å². The van der Waals surface area contributed by atoms with E-state index in [1.807, 2.05) is 22.6 Å². The number of aromatic nitrogens is 4. The summed E-state index contributed by atoms with van der Waals surface area (Å²) in [7, 11) is 0. The highest BCUT2D eigenvalue weighted by molar-refractivity contribution is 14.1. The Bertz CT molecular complexity index is 350. The van der Waals surface area contributed by atoms with Crippen LogP contribution in [-0.2, 0) is 13.0 Å². The fourth-order valence-corrected chi connectivity index (χ4v) is 1.69. The van der Waals surface area contributed by atoms with Gasteiger partial charge in [-0.2, -0.15) is 0 Å². The lowest BCUT2D eigenvalue weighted by Crippen LogP contribution is -2.04. The molecule has 0 saturated carbocycles. The predicted octanol–water partition coefficient (Wildman–Crippen LogP) is 2.58. The first-order valence-corrected chi connectivity index (χ1v) is 6.80. The van der Waals surface area contributed by atoms with E-state index in [0.717, 1.165) is 18.7 Å². The predicted molar refractivity (Wildman–Crippen MR) is 72.1 cm³/mol. The van der Waals surface area contributed by atoms with Crippen molar-refractivity contribution in [3.8, 4) is 9.85 Å². The standard InChI is InChI=1S/C11H17IN4/c1-2-3-4-5-6-8-11-13-14-15-16(11)10-7-9-12/h2-6,8,10H2,1H3. The molecule has 0 fully saturated rings. The summed E-state index contributed by atoms with van der Waals surface area (Å²) < 4.78 is 4.60. The smallest absolute Gasteiger partial charge is 0.152 e. The van der Waals surface area contributed by atoms with E-state index in [1.54, 1.807) is 4.68 Å². The second kappa shape index (κ2) is 8.50. The molecule has 1 heterocycles. The number of tetrazole rings is 1. The third-order valence-corrected chi connectivity index (χ3v) is 2.79. The van der Waals surface area contributed by atoms with Gasteiger partial charge in [0.2, 0.25) is 0 Å². The molecule has 0 aromatic carbocycles. The topological polar surface area (TPSA) is 43.6 Å². The molecular formula is C11H17IN4. The molecule has 0 saturated heterocycles. The molecule has 0 atom stereocenters. The Morgan fingerprint density at radius 2 is 2.06 bits per heavy atom. The van der Waals surface area contributed by atoms with Gasteiger partial charge in [-0.3, -0.25) is 0 Å². The second-order valence-corrected chi connectivity index (χ2v) is 4.23. The zero-order valence-electron chi connectivity index (χ0n) is 9.62. The first-order valence-electron chi connectivity index (χ1n) is 5.72. The Kier molecular flexibility index (Phi) is 7.14. The van der Waals surface area contributed by atoms with Gasteiger partial charge in [-0.15, -0.1) is 5.10 Å². The van der Waals surface area contributed by atoms with E-state index in [0.29, 0.717) is 6.54 Å². The van der Waals surface area contributed by atoms with Crippen LogP contribution in [0, 0.1) is 9.85 Å². The summed E-state index contributed by atoms with van der Waals surface area (Å²) in [6, 6.07) is 0. The number of halogens is 1.